The predicted molar refractivity (Wildman–Crippen MR) is 101 cm³/mol. The number of benzene rings is 1. The highest BCUT2D eigenvalue weighted by molar-refractivity contribution is 5.85. The maximum atomic E-state index is 6.04. The Bertz CT molecular complexity index is 632. The summed E-state index contributed by atoms with van der Waals surface area (Å²) in [6.07, 6.45) is 4.17. The SMILES string of the molecule is CC(C)(C)n1cc(CN2C[C@@H](CN)[C@H](c3ccccc3)C2)cn1.Cl. The zero-order valence-electron chi connectivity index (χ0n) is 14.9. The van der Waals surface area contributed by atoms with E-state index in [0.29, 0.717) is 11.8 Å². The molecule has 0 bridgehead atoms. The van der Waals surface area contributed by atoms with Crippen LogP contribution in [0, 0.1) is 5.92 Å². The van der Waals surface area contributed by atoms with Crippen LogP contribution in [0.1, 0.15) is 37.8 Å². The van der Waals surface area contributed by atoms with E-state index in [-0.39, 0.29) is 17.9 Å². The maximum Gasteiger partial charge on any atom is 0.0543 e. The first-order chi connectivity index (χ1) is 11.0. The first-order valence-corrected chi connectivity index (χ1v) is 8.49. The fraction of sp³-hybridized carbons (Fsp3) is 0.526. The van der Waals surface area contributed by atoms with E-state index in [1.54, 1.807) is 0 Å². The monoisotopic (exact) mass is 348 g/mol. The van der Waals surface area contributed by atoms with Crippen LogP contribution in [-0.4, -0.2) is 34.3 Å². The Hall–Kier alpha value is -1.36. The van der Waals surface area contributed by atoms with Crippen LogP contribution < -0.4 is 5.73 Å². The van der Waals surface area contributed by atoms with Crippen molar-refractivity contribution in [2.24, 2.45) is 11.7 Å². The van der Waals surface area contributed by atoms with Gasteiger partial charge in [0.25, 0.3) is 0 Å². The Morgan fingerprint density at radius 2 is 1.88 bits per heavy atom. The van der Waals surface area contributed by atoms with Gasteiger partial charge in [0.1, 0.15) is 0 Å². The Morgan fingerprint density at radius 3 is 2.46 bits per heavy atom. The fourth-order valence-corrected chi connectivity index (χ4v) is 3.47. The van der Waals surface area contributed by atoms with Gasteiger partial charge in [-0.25, -0.2) is 0 Å². The second-order valence-corrected chi connectivity index (χ2v) is 7.67. The third-order valence-corrected chi connectivity index (χ3v) is 4.78. The van der Waals surface area contributed by atoms with Crippen LogP contribution in [-0.2, 0) is 12.1 Å². The number of halogens is 1. The van der Waals surface area contributed by atoms with E-state index in [4.69, 9.17) is 5.73 Å². The van der Waals surface area contributed by atoms with Crippen molar-refractivity contribution in [3.63, 3.8) is 0 Å². The van der Waals surface area contributed by atoms with E-state index >= 15 is 0 Å². The quantitative estimate of drug-likeness (QED) is 0.922. The van der Waals surface area contributed by atoms with Gasteiger partial charge in [-0.15, -0.1) is 12.4 Å². The molecule has 2 N–H and O–H groups in total. The smallest absolute Gasteiger partial charge is 0.0543 e. The average Bonchev–Trinajstić information content (AvgIpc) is 3.15. The lowest BCUT2D eigenvalue weighted by atomic mass is 9.89. The molecule has 132 valence electrons. The van der Waals surface area contributed by atoms with Crippen molar-refractivity contribution in [3.8, 4) is 0 Å². The molecule has 1 fully saturated rings. The number of nitrogens with zero attached hydrogens (tertiary/aromatic N) is 3. The fourth-order valence-electron chi connectivity index (χ4n) is 3.47. The van der Waals surface area contributed by atoms with E-state index < -0.39 is 0 Å². The van der Waals surface area contributed by atoms with Crippen molar-refractivity contribution in [3.05, 3.63) is 53.9 Å². The van der Waals surface area contributed by atoms with Crippen LogP contribution in [0.3, 0.4) is 0 Å². The van der Waals surface area contributed by atoms with Crippen molar-refractivity contribution in [2.45, 2.75) is 38.8 Å². The number of aromatic nitrogens is 2. The number of rotatable bonds is 4. The van der Waals surface area contributed by atoms with Crippen LogP contribution in [0.4, 0.5) is 0 Å². The average molecular weight is 349 g/mol. The molecule has 0 spiro atoms. The van der Waals surface area contributed by atoms with Crippen LogP contribution in [0.25, 0.3) is 0 Å². The molecule has 5 heteroatoms. The van der Waals surface area contributed by atoms with Gasteiger partial charge in [-0.3, -0.25) is 9.58 Å². The van der Waals surface area contributed by atoms with E-state index in [0.717, 1.165) is 26.2 Å². The molecule has 1 aromatic carbocycles. The lowest BCUT2D eigenvalue weighted by molar-refractivity contribution is 0.315. The van der Waals surface area contributed by atoms with Gasteiger partial charge in [0.2, 0.25) is 0 Å². The zero-order chi connectivity index (χ0) is 16.4. The minimum Gasteiger partial charge on any atom is -0.330 e. The number of hydrogen-bond donors (Lipinski definition) is 1. The van der Waals surface area contributed by atoms with Crippen LogP contribution in [0.2, 0.25) is 0 Å². The molecular weight excluding hydrogens is 320 g/mol. The molecule has 4 nitrogen and oxygen atoms in total. The Balaban J connectivity index is 0.00000208. The second-order valence-electron chi connectivity index (χ2n) is 7.67. The number of hydrogen-bond acceptors (Lipinski definition) is 3. The Morgan fingerprint density at radius 1 is 1.17 bits per heavy atom. The molecule has 2 heterocycles. The summed E-state index contributed by atoms with van der Waals surface area (Å²) in [5.41, 5.74) is 8.77. The molecule has 2 atom stereocenters. The van der Waals surface area contributed by atoms with Gasteiger partial charge in [0.05, 0.1) is 11.7 Å². The summed E-state index contributed by atoms with van der Waals surface area (Å²) < 4.78 is 2.05. The van der Waals surface area contributed by atoms with Crippen molar-refractivity contribution >= 4 is 12.4 Å². The summed E-state index contributed by atoms with van der Waals surface area (Å²) in [6, 6.07) is 10.8. The van der Waals surface area contributed by atoms with Crippen LogP contribution >= 0.6 is 12.4 Å². The molecule has 1 saturated heterocycles. The molecule has 2 aromatic rings. The Kier molecular flexibility index (Phi) is 6.07. The summed E-state index contributed by atoms with van der Waals surface area (Å²) in [6.45, 7) is 10.4. The molecule has 1 aliphatic heterocycles. The molecule has 1 aromatic heterocycles. The summed E-state index contributed by atoms with van der Waals surface area (Å²) in [5, 5.41) is 4.51. The highest BCUT2D eigenvalue weighted by Crippen LogP contribution is 2.32. The van der Waals surface area contributed by atoms with Gasteiger partial charge in [0.15, 0.2) is 0 Å². The normalized spacial score (nSPS) is 21.7. The number of likely N-dealkylation sites (tertiary alicyclic amines) is 1. The second kappa shape index (κ2) is 7.68. The maximum absolute atomic E-state index is 6.04. The molecular formula is C19H29ClN4. The standard InChI is InChI=1S/C19H28N4.ClH/c1-19(2,3)23-12-15(10-21-23)11-22-13-17(9-20)18(14-22)16-7-5-4-6-8-16;/h4-8,10,12,17-18H,9,11,13-14,20H2,1-3H3;1H/t17-,18+;/m1./s1. The Labute approximate surface area is 151 Å². The van der Waals surface area contributed by atoms with Crippen LogP contribution in [0.5, 0.6) is 0 Å². The molecule has 0 saturated carbocycles. The van der Waals surface area contributed by atoms with E-state index in [1.165, 1.54) is 11.1 Å². The molecule has 24 heavy (non-hydrogen) atoms. The highest BCUT2D eigenvalue weighted by Gasteiger charge is 2.32. The van der Waals surface area contributed by atoms with Gasteiger partial charge in [0, 0.05) is 37.3 Å². The largest absolute Gasteiger partial charge is 0.330 e. The van der Waals surface area contributed by atoms with Crippen molar-refractivity contribution in [1.29, 1.82) is 0 Å². The molecule has 0 radical (unpaired) electrons. The van der Waals surface area contributed by atoms with Crippen LogP contribution in [0.15, 0.2) is 42.7 Å². The molecule has 3 rings (SSSR count). The molecule has 0 unspecified atom stereocenters. The highest BCUT2D eigenvalue weighted by atomic mass is 35.5. The topological polar surface area (TPSA) is 47.1 Å². The van der Waals surface area contributed by atoms with Gasteiger partial charge >= 0.3 is 0 Å². The first kappa shape index (κ1) is 19.0. The minimum absolute atomic E-state index is 0. The van der Waals surface area contributed by atoms with Crippen molar-refractivity contribution in [1.82, 2.24) is 14.7 Å². The minimum atomic E-state index is 0. The third kappa shape index (κ3) is 4.18. The van der Waals surface area contributed by atoms with Crippen molar-refractivity contribution in [2.75, 3.05) is 19.6 Å². The van der Waals surface area contributed by atoms with Gasteiger partial charge < -0.3 is 5.73 Å². The summed E-state index contributed by atoms with van der Waals surface area (Å²) in [4.78, 5) is 2.51. The summed E-state index contributed by atoms with van der Waals surface area (Å²) in [5.74, 6) is 1.08. The van der Waals surface area contributed by atoms with E-state index in [9.17, 15) is 0 Å². The summed E-state index contributed by atoms with van der Waals surface area (Å²) >= 11 is 0. The first-order valence-electron chi connectivity index (χ1n) is 8.49. The molecule has 1 aliphatic rings. The molecule has 0 aliphatic carbocycles. The van der Waals surface area contributed by atoms with Gasteiger partial charge in [-0.05, 0) is 38.8 Å². The zero-order valence-corrected chi connectivity index (χ0v) is 15.7. The lowest BCUT2D eigenvalue weighted by Gasteiger charge is -2.19. The van der Waals surface area contributed by atoms with E-state index in [2.05, 4.69) is 67.3 Å². The summed E-state index contributed by atoms with van der Waals surface area (Å²) in [7, 11) is 0. The third-order valence-electron chi connectivity index (χ3n) is 4.78. The predicted octanol–water partition coefficient (Wildman–Crippen LogP) is 3.23. The van der Waals surface area contributed by atoms with E-state index in [1.807, 2.05) is 10.9 Å². The van der Waals surface area contributed by atoms with Crippen molar-refractivity contribution < 1.29 is 0 Å². The van der Waals surface area contributed by atoms with Gasteiger partial charge in [-0.2, -0.15) is 5.10 Å². The van der Waals surface area contributed by atoms with Gasteiger partial charge in [-0.1, -0.05) is 30.3 Å². The lowest BCUT2D eigenvalue weighted by Crippen LogP contribution is -2.23. The molecule has 0 amide bonds. The number of nitrogens with two attached hydrogens (primary N) is 1.